The monoisotopic (exact) mass is 809 g/mol. The molecule has 0 aliphatic carbocycles. The Morgan fingerprint density at radius 2 is 1.25 bits per heavy atom. The van der Waals surface area contributed by atoms with E-state index in [0.717, 1.165) is 6.08 Å². The molecule has 4 nitrogen and oxygen atoms in total. The maximum atomic E-state index is 14.9. The zero-order chi connectivity index (χ0) is 40.6. The first-order valence-electron chi connectivity index (χ1n) is 15.0. The van der Waals surface area contributed by atoms with Crippen LogP contribution in [0.3, 0.4) is 0 Å². The summed E-state index contributed by atoms with van der Waals surface area (Å²) >= 11 is 0.0893. The third-order valence-corrected chi connectivity index (χ3v) is 9.81. The highest BCUT2D eigenvalue weighted by atomic mass is 32.2. The van der Waals surface area contributed by atoms with E-state index in [2.05, 4.69) is 6.58 Å². The second kappa shape index (κ2) is 15.1. The highest BCUT2D eigenvalue weighted by molar-refractivity contribution is 8.01. The first-order chi connectivity index (χ1) is 23.5. The average Bonchev–Trinajstić information content (AvgIpc) is 3.13. The maximum Gasteiger partial charge on any atom is 0.460 e. The van der Waals surface area contributed by atoms with Crippen LogP contribution in [0.15, 0.2) is 24.8 Å². The minimum Gasteiger partial charge on any atom is -0.493 e. The zero-order valence-corrected chi connectivity index (χ0v) is 28.1. The number of unbranched alkanes of at least 4 members (excludes halogenated alkanes) is 2. The lowest BCUT2D eigenvalue weighted by Gasteiger charge is -2.43. The average molecular weight is 810 g/mol. The molecule has 1 heterocycles. The van der Waals surface area contributed by atoms with Gasteiger partial charge in [-0.25, -0.2) is 0 Å². The van der Waals surface area contributed by atoms with Gasteiger partial charge >= 0.3 is 47.6 Å². The van der Waals surface area contributed by atoms with Crippen molar-refractivity contribution in [3.8, 4) is 11.5 Å². The molecule has 1 unspecified atom stereocenters. The van der Waals surface area contributed by atoms with Gasteiger partial charge in [0.2, 0.25) is 5.91 Å². The first-order valence-corrected chi connectivity index (χ1v) is 16.0. The normalized spacial score (nSPS) is 18.6. The van der Waals surface area contributed by atoms with Gasteiger partial charge in [-0.15, -0.1) is 18.3 Å². The Kier molecular flexibility index (Phi) is 13.2. The number of methoxy groups -OCH3 is 2. The molecule has 0 saturated heterocycles. The fourth-order valence-electron chi connectivity index (χ4n) is 5.30. The number of hydrogen-bond donors (Lipinski definition) is 0. The smallest absolute Gasteiger partial charge is 0.460 e. The third-order valence-electron chi connectivity index (χ3n) is 8.34. The molecule has 0 spiro atoms. The van der Waals surface area contributed by atoms with E-state index in [1.165, 1.54) is 31.3 Å². The summed E-state index contributed by atoms with van der Waals surface area (Å²) < 4.78 is 243. The van der Waals surface area contributed by atoms with Crippen LogP contribution < -0.4 is 9.47 Å². The molecule has 0 radical (unpaired) electrons. The minimum atomic E-state index is -8.71. The topological polar surface area (TPSA) is 38.8 Å². The van der Waals surface area contributed by atoms with Gasteiger partial charge in [0, 0.05) is 25.3 Å². The van der Waals surface area contributed by atoms with Gasteiger partial charge in [0.1, 0.15) is 4.75 Å². The van der Waals surface area contributed by atoms with Crippen LogP contribution in [0.2, 0.25) is 0 Å². The van der Waals surface area contributed by atoms with Gasteiger partial charge in [0.05, 0.1) is 14.2 Å². The molecule has 2 rings (SSSR count). The molecule has 52 heavy (non-hydrogen) atoms. The Hall–Kier alpha value is -2.81. The molecular formula is C30H32F17NO3S. The second-order valence-corrected chi connectivity index (χ2v) is 13.1. The Morgan fingerprint density at radius 1 is 0.769 bits per heavy atom. The summed E-state index contributed by atoms with van der Waals surface area (Å²) in [5, 5.41) is 0. The fraction of sp³-hybridized carbons (Fsp3) is 0.700. The van der Waals surface area contributed by atoms with Crippen molar-refractivity contribution in [2.45, 2.75) is 97.8 Å². The number of rotatable bonds is 18. The van der Waals surface area contributed by atoms with Crippen LogP contribution in [-0.4, -0.2) is 91.5 Å². The summed E-state index contributed by atoms with van der Waals surface area (Å²) in [6, 6.07) is 2.64. The Balaban J connectivity index is 2.63. The van der Waals surface area contributed by atoms with Gasteiger partial charge < -0.3 is 14.4 Å². The molecule has 1 atom stereocenters. The summed E-state index contributed by atoms with van der Waals surface area (Å²) in [7, 11) is 2.42. The molecule has 1 aliphatic heterocycles. The van der Waals surface area contributed by atoms with Gasteiger partial charge in [0.25, 0.3) is 0 Å². The van der Waals surface area contributed by atoms with Gasteiger partial charge in [-0.2, -0.15) is 74.6 Å². The molecule has 1 aliphatic rings. The minimum absolute atomic E-state index is 0.00620. The van der Waals surface area contributed by atoms with E-state index in [1.807, 2.05) is 6.92 Å². The molecular weight excluding hydrogens is 777 g/mol. The Morgan fingerprint density at radius 3 is 1.71 bits per heavy atom. The van der Waals surface area contributed by atoms with Crippen LogP contribution >= 0.6 is 11.8 Å². The van der Waals surface area contributed by atoms with Crippen molar-refractivity contribution in [2.75, 3.05) is 33.1 Å². The number of halogens is 17. The molecule has 1 aromatic rings. The van der Waals surface area contributed by atoms with Gasteiger partial charge in [-0.05, 0) is 42.5 Å². The molecule has 0 bridgehead atoms. The Bertz CT molecular complexity index is 1430. The zero-order valence-electron chi connectivity index (χ0n) is 27.3. The number of amides is 1. The van der Waals surface area contributed by atoms with Crippen LogP contribution in [0.1, 0.15) is 50.2 Å². The predicted molar refractivity (Wildman–Crippen MR) is 154 cm³/mol. The number of ether oxygens (including phenoxy) is 2. The number of carbonyl (C=O) groups excluding carboxylic acids is 1. The second-order valence-electron chi connectivity index (χ2n) is 11.7. The van der Waals surface area contributed by atoms with Crippen LogP contribution in [0.5, 0.6) is 11.5 Å². The van der Waals surface area contributed by atoms with Crippen LogP contribution in [-0.2, 0) is 16.0 Å². The van der Waals surface area contributed by atoms with Crippen molar-refractivity contribution in [2.24, 2.45) is 0 Å². The highest BCUT2D eigenvalue weighted by Crippen LogP contribution is 2.64. The number of hydrogen-bond acceptors (Lipinski definition) is 4. The SMILES string of the molecule is C=CCC1(SCCC(F)(F)C(F)(F)C(F)(F)C(F)(F)C(F)(F)C(F)(F)C(F)(F)C(F)(F)F)C(=O)N(CCCCC)CCc2cc(OC)c(OC)cc21. The lowest BCUT2D eigenvalue weighted by Crippen LogP contribution is -2.74. The van der Waals surface area contributed by atoms with Crippen molar-refractivity contribution < 1.29 is 88.9 Å². The van der Waals surface area contributed by atoms with E-state index in [9.17, 15) is 79.4 Å². The van der Waals surface area contributed by atoms with Crippen molar-refractivity contribution in [3.05, 3.63) is 35.9 Å². The van der Waals surface area contributed by atoms with Gasteiger partial charge in [-0.3, -0.25) is 4.79 Å². The number of alkyl halides is 17. The molecule has 300 valence electrons. The van der Waals surface area contributed by atoms with E-state index in [0.29, 0.717) is 24.8 Å². The van der Waals surface area contributed by atoms with E-state index >= 15 is 0 Å². The van der Waals surface area contributed by atoms with Crippen LogP contribution in [0, 0.1) is 0 Å². The summed E-state index contributed by atoms with van der Waals surface area (Å²) in [6.45, 7) is 5.41. The number of carbonyl (C=O) groups is 1. The lowest BCUT2D eigenvalue weighted by atomic mass is 9.88. The van der Waals surface area contributed by atoms with E-state index in [1.54, 1.807) is 0 Å². The number of thioether (sulfide) groups is 1. The Labute approximate surface area is 290 Å². The molecule has 0 fully saturated rings. The number of nitrogens with zero attached hydrogens (tertiary/aromatic N) is 1. The number of fused-ring (bicyclic) bond motifs is 1. The number of allylic oxidation sites excluding steroid dienone is 1. The molecule has 0 N–H and O–H groups in total. The van der Waals surface area contributed by atoms with Gasteiger partial charge in [-0.1, -0.05) is 25.8 Å². The maximum absolute atomic E-state index is 14.9. The van der Waals surface area contributed by atoms with E-state index in [-0.39, 0.29) is 48.3 Å². The highest BCUT2D eigenvalue weighted by Gasteiger charge is 2.95. The number of benzene rings is 1. The molecule has 1 amide bonds. The summed E-state index contributed by atoms with van der Waals surface area (Å²) in [5.74, 6) is -59.3. The molecule has 22 heteroatoms. The van der Waals surface area contributed by atoms with Gasteiger partial charge in [0.15, 0.2) is 11.5 Å². The molecule has 1 aromatic carbocycles. The van der Waals surface area contributed by atoms with Crippen LogP contribution in [0.25, 0.3) is 0 Å². The van der Waals surface area contributed by atoms with E-state index in [4.69, 9.17) is 9.47 Å². The van der Waals surface area contributed by atoms with Crippen molar-refractivity contribution in [1.29, 1.82) is 0 Å². The summed E-state index contributed by atoms with van der Waals surface area (Å²) in [6.07, 6.45) is -8.08. The van der Waals surface area contributed by atoms with Crippen molar-refractivity contribution >= 4 is 17.7 Å². The van der Waals surface area contributed by atoms with Crippen molar-refractivity contribution in [3.63, 3.8) is 0 Å². The summed E-state index contributed by atoms with van der Waals surface area (Å²) in [4.78, 5) is 15.4. The van der Waals surface area contributed by atoms with Crippen LogP contribution in [0.4, 0.5) is 74.6 Å². The summed E-state index contributed by atoms with van der Waals surface area (Å²) in [5.41, 5.74) is 0.331. The largest absolute Gasteiger partial charge is 0.493 e. The first kappa shape index (κ1) is 45.3. The molecule has 0 aromatic heterocycles. The van der Waals surface area contributed by atoms with E-state index < -0.39 is 76.9 Å². The third kappa shape index (κ3) is 7.21. The quantitative estimate of drug-likeness (QED) is 0.0842. The fourth-order valence-corrected chi connectivity index (χ4v) is 6.84. The lowest BCUT2D eigenvalue weighted by molar-refractivity contribution is -0.461. The predicted octanol–water partition coefficient (Wildman–Crippen LogP) is 10.2. The standard InChI is InChI=1S/C30H32F17NO3S/c1-5-7-8-12-48-13-9-17-15-19(50-3)20(51-4)16-18(17)22(10-6-2,21(48)49)52-14-11-23(31,32)24(33,34)25(35,36)26(37,38)27(39,40)28(41,42)29(43,44)30(45,46)47/h6,15-16H,2,5,7-14H2,1,3-4H3. The molecule has 0 saturated carbocycles. The van der Waals surface area contributed by atoms with Crippen molar-refractivity contribution in [1.82, 2.24) is 4.90 Å².